The van der Waals surface area contributed by atoms with Crippen molar-refractivity contribution in [3.05, 3.63) is 53.4 Å². The quantitative estimate of drug-likeness (QED) is 0.223. The van der Waals surface area contributed by atoms with Gasteiger partial charge in [-0.3, -0.25) is 0 Å². The number of fused-ring (bicyclic) bond motifs is 2. The van der Waals surface area contributed by atoms with Crippen molar-refractivity contribution >= 4 is 45.2 Å². The first-order valence-electron chi connectivity index (χ1n) is 13.5. The lowest BCUT2D eigenvalue weighted by atomic mass is 9.97. The number of rotatable bonds is 7. The molecule has 2 aliphatic carbocycles. The molecular formula is C29H37ClN6O2. The zero-order valence-electron chi connectivity index (χ0n) is 22.1. The van der Waals surface area contributed by atoms with Crippen molar-refractivity contribution in [3.63, 3.8) is 0 Å². The van der Waals surface area contributed by atoms with Crippen LogP contribution in [0.25, 0.3) is 21.9 Å². The molecule has 5 N–H and O–H groups in total. The van der Waals surface area contributed by atoms with Crippen LogP contribution in [0, 0.1) is 11.8 Å². The number of hydrogen-bond donors (Lipinski definition) is 4. The Morgan fingerprint density at radius 1 is 1.08 bits per heavy atom. The van der Waals surface area contributed by atoms with Crippen molar-refractivity contribution in [1.29, 1.82) is 0 Å². The van der Waals surface area contributed by atoms with E-state index in [0.29, 0.717) is 16.9 Å². The van der Waals surface area contributed by atoms with E-state index < -0.39 is 5.79 Å². The van der Waals surface area contributed by atoms with Crippen molar-refractivity contribution in [2.24, 2.45) is 11.8 Å². The summed E-state index contributed by atoms with van der Waals surface area (Å²) in [5.74, 6) is 1.38. The molecule has 2 fully saturated rings. The molecule has 0 amide bonds. The second-order valence-corrected chi connectivity index (χ2v) is 11.7. The van der Waals surface area contributed by atoms with Crippen molar-refractivity contribution in [2.45, 2.75) is 70.6 Å². The lowest BCUT2D eigenvalue weighted by molar-refractivity contribution is -0.127. The van der Waals surface area contributed by atoms with Gasteiger partial charge in [0.05, 0.1) is 15.9 Å². The number of anilines is 2. The Morgan fingerprint density at radius 2 is 1.84 bits per heavy atom. The molecule has 0 bridgehead atoms. The van der Waals surface area contributed by atoms with E-state index in [9.17, 15) is 0 Å². The van der Waals surface area contributed by atoms with Gasteiger partial charge < -0.3 is 25.8 Å². The number of nitrogens with two attached hydrogens (primary N) is 1. The van der Waals surface area contributed by atoms with Gasteiger partial charge in [0.2, 0.25) is 0 Å². The van der Waals surface area contributed by atoms with Crippen LogP contribution in [-0.2, 0) is 6.42 Å². The average Bonchev–Trinajstić information content (AvgIpc) is 3.39. The van der Waals surface area contributed by atoms with E-state index in [1.54, 1.807) is 6.33 Å². The summed E-state index contributed by atoms with van der Waals surface area (Å²) in [6.07, 6.45) is 12.2. The van der Waals surface area contributed by atoms with E-state index in [1.807, 2.05) is 12.1 Å². The summed E-state index contributed by atoms with van der Waals surface area (Å²) in [5.41, 5.74) is 9.35. The van der Waals surface area contributed by atoms with E-state index in [1.165, 1.54) is 57.9 Å². The third-order valence-corrected chi connectivity index (χ3v) is 7.67. The van der Waals surface area contributed by atoms with Gasteiger partial charge in [-0.25, -0.2) is 15.0 Å². The molecule has 4 aromatic rings. The summed E-state index contributed by atoms with van der Waals surface area (Å²) in [5, 5.41) is 22.3. The Bertz CT molecular complexity index is 1410. The first-order chi connectivity index (χ1) is 18.1. The van der Waals surface area contributed by atoms with Crippen molar-refractivity contribution in [1.82, 2.24) is 19.5 Å². The molecule has 2 atom stereocenters. The molecule has 3 heterocycles. The van der Waals surface area contributed by atoms with Crippen LogP contribution in [0.2, 0.25) is 5.02 Å². The second-order valence-electron chi connectivity index (χ2n) is 11.3. The summed E-state index contributed by atoms with van der Waals surface area (Å²) < 4.78 is 2.30. The molecule has 2 unspecified atom stereocenters. The molecule has 9 heteroatoms. The van der Waals surface area contributed by atoms with Crippen LogP contribution in [0.4, 0.5) is 11.6 Å². The summed E-state index contributed by atoms with van der Waals surface area (Å²) in [6.45, 7) is 3.57. The minimum Gasteiger partial charge on any atom is -0.383 e. The molecular weight excluding hydrogens is 500 g/mol. The van der Waals surface area contributed by atoms with Crippen LogP contribution in [0.15, 0.2) is 42.9 Å². The SMILES string of the molecule is CC(C)(O)O.Nc1ncnc2c1ccn2C1CCC(CCc2ccc3cc(Cl)c(NCC4CC4)nc3c2)C1. The monoisotopic (exact) mass is 536 g/mol. The number of aliphatic hydroxyl groups is 2. The van der Waals surface area contributed by atoms with Gasteiger partial charge in [-0.15, -0.1) is 0 Å². The molecule has 0 radical (unpaired) electrons. The van der Waals surface area contributed by atoms with Crippen LogP contribution >= 0.6 is 11.6 Å². The normalized spacial score (nSPS) is 19.5. The van der Waals surface area contributed by atoms with Crippen LogP contribution in [0.1, 0.15) is 64.0 Å². The number of nitrogens with one attached hydrogen (secondary N) is 1. The molecule has 8 nitrogen and oxygen atoms in total. The van der Waals surface area contributed by atoms with Gasteiger partial charge in [0, 0.05) is 24.2 Å². The minimum absolute atomic E-state index is 0.488. The fraction of sp³-hybridized carbons (Fsp3) is 0.483. The summed E-state index contributed by atoms with van der Waals surface area (Å²) >= 11 is 6.45. The predicted molar refractivity (Wildman–Crippen MR) is 153 cm³/mol. The highest BCUT2D eigenvalue weighted by Crippen LogP contribution is 2.39. The van der Waals surface area contributed by atoms with Crippen molar-refractivity contribution in [2.75, 3.05) is 17.6 Å². The highest BCUT2D eigenvalue weighted by atomic mass is 35.5. The van der Waals surface area contributed by atoms with Gasteiger partial charge >= 0.3 is 0 Å². The number of halogens is 1. The largest absolute Gasteiger partial charge is 0.383 e. The van der Waals surface area contributed by atoms with Crippen LogP contribution in [0.3, 0.4) is 0 Å². The van der Waals surface area contributed by atoms with E-state index in [0.717, 1.165) is 52.6 Å². The van der Waals surface area contributed by atoms with Crippen LogP contribution in [-0.4, -0.2) is 42.1 Å². The van der Waals surface area contributed by atoms with Gasteiger partial charge in [0.1, 0.15) is 23.6 Å². The highest BCUT2D eigenvalue weighted by molar-refractivity contribution is 6.33. The fourth-order valence-corrected chi connectivity index (χ4v) is 5.48. The van der Waals surface area contributed by atoms with Crippen LogP contribution in [0.5, 0.6) is 0 Å². The van der Waals surface area contributed by atoms with E-state index in [4.69, 9.17) is 32.5 Å². The third-order valence-electron chi connectivity index (χ3n) is 7.38. The molecule has 1 aromatic carbocycles. The lowest BCUT2D eigenvalue weighted by Gasteiger charge is -2.15. The summed E-state index contributed by atoms with van der Waals surface area (Å²) in [7, 11) is 0. The third kappa shape index (κ3) is 6.73. The molecule has 202 valence electrons. The van der Waals surface area contributed by atoms with Crippen molar-refractivity contribution < 1.29 is 10.2 Å². The highest BCUT2D eigenvalue weighted by Gasteiger charge is 2.27. The summed E-state index contributed by atoms with van der Waals surface area (Å²) in [4.78, 5) is 13.4. The molecule has 0 aliphatic heterocycles. The molecule has 3 aromatic heterocycles. The first-order valence-corrected chi connectivity index (χ1v) is 13.9. The predicted octanol–water partition coefficient (Wildman–Crippen LogP) is 5.72. The Labute approximate surface area is 228 Å². The van der Waals surface area contributed by atoms with Crippen molar-refractivity contribution in [3.8, 4) is 0 Å². The van der Waals surface area contributed by atoms with Gasteiger partial charge in [-0.2, -0.15) is 0 Å². The molecule has 0 saturated heterocycles. The van der Waals surface area contributed by atoms with Gasteiger partial charge in [-0.1, -0.05) is 23.7 Å². The van der Waals surface area contributed by atoms with E-state index in [-0.39, 0.29) is 0 Å². The fourth-order valence-electron chi connectivity index (χ4n) is 5.25. The number of nitrogens with zero attached hydrogens (tertiary/aromatic N) is 4. The summed E-state index contributed by atoms with van der Waals surface area (Å²) in [6, 6.07) is 11.2. The standard InChI is InChI=1S/C26H29ClN6.C3H8O2/c27-22-13-19-7-5-17(12-23(19)32-25(22)29-14-18-3-4-18)2-1-16-6-8-20(11-16)33-10-9-21-24(28)30-15-31-26(21)33;1-3(2,4)5/h5,7,9-10,12-13,15-16,18,20H,1-4,6,8,11,14H2,(H,29,32)(H2,28,30,31);4-5H,1-2H3. The Kier molecular flexibility index (Phi) is 7.75. The topological polar surface area (TPSA) is 122 Å². The van der Waals surface area contributed by atoms with Gasteiger partial charge in [0.25, 0.3) is 0 Å². The molecule has 2 saturated carbocycles. The van der Waals surface area contributed by atoms with E-state index in [2.05, 4.69) is 44.2 Å². The molecule has 0 spiro atoms. The maximum atomic E-state index is 8.08. The number of aryl methyl sites for hydroxylation is 1. The van der Waals surface area contributed by atoms with Gasteiger partial charge in [-0.05, 0) is 94.4 Å². The van der Waals surface area contributed by atoms with E-state index >= 15 is 0 Å². The number of hydrogen-bond acceptors (Lipinski definition) is 7. The lowest BCUT2D eigenvalue weighted by Crippen LogP contribution is -2.15. The minimum atomic E-state index is -1.50. The zero-order valence-corrected chi connectivity index (χ0v) is 22.8. The smallest absolute Gasteiger partial charge is 0.156 e. The Balaban J connectivity index is 0.000000540. The zero-order chi connectivity index (χ0) is 26.9. The maximum Gasteiger partial charge on any atom is 0.156 e. The maximum absolute atomic E-state index is 8.08. The number of pyridine rings is 1. The Morgan fingerprint density at radius 3 is 2.61 bits per heavy atom. The number of benzene rings is 1. The number of nitrogen functional groups attached to an aromatic ring is 1. The number of aromatic nitrogens is 4. The average molecular weight is 537 g/mol. The molecule has 38 heavy (non-hydrogen) atoms. The van der Waals surface area contributed by atoms with Crippen LogP contribution < -0.4 is 11.1 Å². The first kappa shape index (κ1) is 26.7. The molecule has 2 aliphatic rings. The second kappa shape index (κ2) is 11.0. The van der Waals surface area contributed by atoms with Gasteiger partial charge in [0.15, 0.2) is 5.79 Å². The molecule has 6 rings (SSSR count). The Hall–Kier alpha value is -2.94.